The summed E-state index contributed by atoms with van der Waals surface area (Å²) in [4.78, 5) is 22.4. The molecule has 5 nitrogen and oxygen atoms in total. The molecule has 0 bridgehead atoms. The molecule has 0 aliphatic rings. The van der Waals surface area contributed by atoms with E-state index in [-0.39, 0.29) is 17.1 Å². The molecule has 0 atom stereocenters. The minimum Gasteiger partial charge on any atom is -0.504 e. The number of benzene rings is 1. The first kappa shape index (κ1) is 33.3. The van der Waals surface area contributed by atoms with Gasteiger partial charge in [-0.3, -0.25) is 4.89 Å². The molecule has 0 saturated carbocycles. The minimum atomic E-state index is -0.730. The molecule has 1 aromatic rings. The molecule has 0 unspecified atom stereocenters. The van der Waals surface area contributed by atoms with Crippen molar-refractivity contribution in [3.05, 3.63) is 22.3 Å². The van der Waals surface area contributed by atoms with Gasteiger partial charge in [-0.25, -0.2) is 4.79 Å². The number of carbonyl (C=O) groups is 1. The smallest absolute Gasteiger partial charge is 0.377 e. The first-order chi connectivity index (χ1) is 18.0. The second-order valence-corrected chi connectivity index (χ2v) is 10.6. The van der Waals surface area contributed by atoms with E-state index in [1.165, 1.54) is 84.2 Å². The van der Waals surface area contributed by atoms with Gasteiger partial charge in [0.1, 0.15) is 5.56 Å². The summed E-state index contributed by atoms with van der Waals surface area (Å²) >= 11 is 0. The zero-order chi connectivity index (χ0) is 27.3. The monoisotopic (exact) mass is 520 g/mol. The van der Waals surface area contributed by atoms with Crippen molar-refractivity contribution in [3.8, 4) is 11.5 Å². The van der Waals surface area contributed by atoms with Crippen molar-refractivity contribution >= 4 is 5.97 Å². The molecule has 214 valence electrons. The van der Waals surface area contributed by atoms with Gasteiger partial charge >= 0.3 is 5.97 Å². The van der Waals surface area contributed by atoms with Crippen LogP contribution in [0.3, 0.4) is 0 Å². The zero-order valence-electron chi connectivity index (χ0n) is 24.5. The SMILES string of the molecule is CCCCCCCCc1c(O)c(O)c(C(=O)OOC)c(CCCCCCCC)c1CCCCCCCC. The Morgan fingerprint density at radius 3 is 1.35 bits per heavy atom. The Balaban J connectivity index is 3.22. The molecule has 0 spiro atoms. The van der Waals surface area contributed by atoms with Crippen molar-refractivity contribution in [2.45, 2.75) is 156 Å². The highest BCUT2D eigenvalue weighted by atomic mass is 17.2. The van der Waals surface area contributed by atoms with Gasteiger partial charge in [0.15, 0.2) is 11.5 Å². The fourth-order valence-electron chi connectivity index (χ4n) is 5.31. The second-order valence-electron chi connectivity index (χ2n) is 10.6. The first-order valence-corrected chi connectivity index (χ1v) is 15.4. The van der Waals surface area contributed by atoms with Crippen LogP contribution in [-0.2, 0) is 29.0 Å². The van der Waals surface area contributed by atoms with Crippen LogP contribution in [0.2, 0.25) is 0 Å². The number of phenolic OH excluding ortho intramolecular Hbond substituents is 2. The van der Waals surface area contributed by atoms with Crippen molar-refractivity contribution < 1.29 is 24.8 Å². The average Bonchev–Trinajstić information content (AvgIpc) is 2.89. The van der Waals surface area contributed by atoms with E-state index in [0.717, 1.165) is 68.1 Å². The second kappa shape index (κ2) is 21.2. The Morgan fingerprint density at radius 2 is 0.919 bits per heavy atom. The quantitative estimate of drug-likeness (QED) is 0.0650. The summed E-state index contributed by atoms with van der Waals surface area (Å²) in [7, 11) is 1.28. The number of aromatic hydroxyl groups is 2. The molecular formula is C32H56O5. The normalized spacial score (nSPS) is 11.2. The molecule has 5 heteroatoms. The van der Waals surface area contributed by atoms with Gasteiger partial charge in [0.25, 0.3) is 0 Å². The van der Waals surface area contributed by atoms with E-state index in [0.29, 0.717) is 6.42 Å². The lowest BCUT2D eigenvalue weighted by molar-refractivity contribution is -0.216. The maximum Gasteiger partial charge on any atom is 0.377 e. The lowest BCUT2D eigenvalue weighted by Crippen LogP contribution is -2.13. The van der Waals surface area contributed by atoms with Crippen LogP contribution in [0.1, 0.15) is 163 Å². The average molecular weight is 521 g/mol. The molecule has 37 heavy (non-hydrogen) atoms. The van der Waals surface area contributed by atoms with Crippen LogP contribution in [0, 0.1) is 0 Å². The van der Waals surface area contributed by atoms with Gasteiger partial charge in [0.2, 0.25) is 0 Å². The van der Waals surface area contributed by atoms with Crippen LogP contribution in [0.15, 0.2) is 0 Å². The first-order valence-electron chi connectivity index (χ1n) is 15.4. The molecule has 0 amide bonds. The summed E-state index contributed by atoms with van der Waals surface area (Å²) in [5.74, 6) is -1.23. The molecule has 1 aromatic carbocycles. The number of unbranched alkanes of at least 4 members (excludes halogenated alkanes) is 15. The molecule has 0 saturated heterocycles. The molecule has 0 aliphatic carbocycles. The predicted octanol–water partition coefficient (Wildman–Crippen LogP) is 9.53. The largest absolute Gasteiger partial charge is 0.504 e. The summed E-state index contributed by atoms with van der Waals surface area (Å²) in [6, 6.07) is 0. The highest BCUT2D eigenvalue weighted by Crippen LogP contribution is 2.41. The maximum atomic E-state index is 12.9. The summed E-state index contributed by atoms with van der Waals surface area (Å²) in [6.45, 7) is 6.66. The predicted molar refractivity (Wildman–Crippen MR) is 153 cm³/mol. The molecular weight excluding hydrogens is 464 g/mol. The van der Waals surface area contributed by atoms with E-state index in [9.17, 15) is 15.0 Å². The molecule has 0 aromatic heterocycles. The zero-order valence-corrected chi connectivity index (χ0v) is 24.5. The van der Waals surface area contributed by atoms with Gasteiger partial charge < -0.3 is 10.2 Å². The topological polar surface area (TPSA) is 76.0 Å². The third-order valence-electron chi connectivity index (χ3n) is 7.48. The van der Waals surface area contributed by atoms with Gasteiger partial charge in [-0.2, -0.15) is 4.89 Å². The van der Waals surface area contributed by atoms with E-state index in [1.54, 1.807) is 0 Å². The van der Waals surface area contributed by atoms with Gasteiger partial charge in [0.05, 0.1) is 7.11 Å². The summed E-state index contributed by atoms with van der Waals surface area (Å²) in [5.41, 5.74) is 2.82. The van der Waals surface area contributed by atoms with Gasteiger partial charge in [-0.15, -0.1) is 0 Å². The van der Waals surface area contributed by atoms with Crippen LogP contribution < -0.4 is 0 Å². The maximum absolute atomic E-state index is 12.9. The Morgan fingerprint density at radius 1 is 0.541 bits per heavy atom. The van der Waals surface area contributed by atoms with Crippen LogP contribution in [0.4, 0.5) is 0 Å². The fraction of sp³-hybridized carbons (Fsp3) is 0.781. The molecule has 0 radical (unpaired) electrons. The van der Waals surface area contributed by atoms with Gasteiger partial charge in [0, 0.05) is 5.56 Å². The number of phenols is 2. The van der Waals surface area contributed by atoms with E-state index in [2.05, 4.69) is 25.7 Å². The lowest BCUT2D eigenvalue weighted by atomic mass is 9.85. The van der Waals surface area contributed by atoms with Gasteiger partial charge in [-0.1, -0.05) is 117 Å². The van der Waals surface area contributed by atoms with E-state index in [4.69, 9.17) is 4.89 Å². The van der Waals surface area contributed by atoms with Crippen LogP contribution in [0.25, 0.3) is 0 Å². The highest BCUT2D eigenvalue weighted by Gasteiger charge is 2.28. The third-order valence-corrected chi connectivity index (χ3v) is 7.48. The number of hydrogen-bond donors (Lipinski definition) is 2. The third kappa shape index (κ3) is 12.6. The summed E-state index contributed by atoms with van der Waals surface area (Å²) < 4.78 is 0. The minimum absolute atomic E-state index is 0.0839. The van der Waals surface area contributed by atoms with E-state index < -0.39 is 5.97 Å². The molecule has 0 fully saturated rings. The summed E-state index contributed by atoms with van der Waals surface area (Å²) in [6.07, 6.45) is 23.2. The molecule has 0 heterocycles. The molecule has 0 aliphatic heterocycles. The Labute approximate surface area is 227 Å². The highest BCUT2D eigenvalue weighted by molar-refractivity contribution is 5.95. The van der Waals surface area contributed by atoms with Crippen molar-refractivity contribution in [2.75, 3.05) is 7.11 Å². The number of carbonyl (C=O) groups excluding carboxylic acids is 1. The van der Waals surface area contributed by atoms with Gasteiger partial charge in [-0.05, 0) is 49.7 Å². The number of rotatable bonds is 23. The Kier molecular flexibility index (Phi) is 19.1. The standard InChI is InChI=1S/C32H56O5/c1-5-8-11-14-17-20-23-26-27(24-21-18-15-12-9-6-2)29(32(35)37-36-4)31(34)30(33)28(26)25-22-19-16-13-10-7-3/h33-34H,5-25H2,1-4H3. The van der Waals surface area contributed by atoms with Crippen molar-refractivity contribution in [1.29, 1.82) is 0 Å². The molecule has 1 rings (SSSR count). The van der Waals surface area contributed by atoms with Crippen LogP contribution >= 0.6 is 0 Å². The Hall–Kier alpha value is -1.75. The fourth-order valence-corrected chi connectivity index (χ4v) is 5.31. The van der Waals surface area contributed by atoms with Crippen LogP contribution in [-0.4, -0.2) is 23.3 Å². The Bertz CT molecular complexity index is 743. The summed E-state index contributed by atoms with van der Waals surface area (Å²) in [5, 5.41) is 22.1. The lowest BCUT2D eigenvalue weighted by Gasteiger charge is -2.21. The molecule has 2 N–H and O–H groups in total. The van der Waals surface area contributed by atoms with E-state index >= 15 is 0 Å². The van der Waals surface area contributed by atoms with Crippen molar-refractivity contribution in [3.63, 3.8) is 0 Å². The van der Waals surface area contributed by atoms with Crippen molar-refractivity contribution in [1.82, 2.24) is 0 Å². The van der Waals surface area contributed by atoms with Crippen LogP contribution in [0.5, 0.6) is 11.5 Å². The van der Waals surface area contributed by atoms with E-state index in [1.807, 2.05) is 0 Å². The van der Waals surface area contributed by atoms with Crippen molar-refractivity contribution in [2.24, 2.45) is 0 Å². The number of hydrogen-bond acceptors (Lipinski definition) is 5.